The molecule has 3 aromatic carbocycles. The lowest BCUT2D eigenvalue weighted by Crippen LogP contribution is -2.45. The van der Waals surface area contributed by atoms with Crippen molar-refractivity contribution in [2.45, 2.75) is 40.0 Å². The fourth-order valence-corrected chi connectivity index (χ4v) is 4.46. The molecule has 0 spiro atoms. The highest BCUT2D eigenvalue weighted by Crippen LogP contribution is 2.40. The van der Waals surface area contributed by atoms with Gasteiger partial charge in [-0.05, 0) is 53.9 Å². The lowest BCUT2D eigenvalue weighted by Gasteiger charge is -2.35. The van der Waals surface area contributed by atoms with Gasteiger partial charge in [0.25, 0.3) is 0 Å². The Morgan fingerprint density at radius 3 is 2.39 bits per heavy atom. The van der Waals surface area contributed by atoms with E-state index in [1.807, 2.05) is 52.0 Å². The van der Waals surface area contributed by atoms with E-state index < -0.39 is 10.8 Å². The zero-order valence-corrected chi connectivity index (χ0v) is 21.3. The number of rotatable bonds is 9. The minimum Gasteiger partial charge on any atom is -0.396 e. The molecule has 0 saturated carbocycles. The van der Waals surface area contributed by atoms with Gasteiger partial charge in [0.1, 0.15) is 5.82 Å². The topological polar surface area (TPSA) is 67.2 Å². The Balaban J connectivity index is 1.70. The van der Waals surface area contributed by atoms with E-state index in [2.05, 4.69) is 34.7 Å². The molecule has 1 amide bonds. The number of nitrogens with zero attached hydrogens (tertiary/aromatic N) is 2. The fourth-order valence-electron chi connectivity index (χ4n) is 4.46. The summed E-state index contributed by atoms with van der Waals surface area (Å²) in [5.74, 6) is -0.438. The van der Waals surface area contributed by atoms with Crippen molar-refractivity contribution in [3.63, 3.8) is 0 Å². The van der Waals surface area contributed by atoms with Crippen molar-refractivity contribution in [1.29, 1.82) is 0 Å². The number of amides is 1. The summed E-state index contributed by atoms with van der Waals surface area (Å²) >= 11 is 0. The van der Waals surface area contributed by atoms with Crippen LogP contribution in [0.15, 0.2) is 79.0 Å². The number of carbonyl (C=O) groups excluding carboxylic acids is 1. The van der Waals surface area contributed by atoms with Crippen LogP contribution in [0, 0.1) is 16.6 Å². The summed E-state index contributed by atoms with van der Waals surface area (Å²) in [6.45, 7) is 8.20. The van der Waals surface area contributed by atoms with E-state index in [0.29, 0.717) is 13.0 Å². The van der Waals surface area contributed by atoms with Crippen LogP contribution in [0.5, 0.6) is 0 Å². The van der Waals surface area contributed by atoms with Gasteiger partial charge >= 0.3 is 0 Å². The molecular weight excluding hydrogens is 453 g/mol. The van der Waals surface area contributed by atoms with Gasteiger partial charge in [-0.1, -0.05) is 64.1 Å². The maximum Gasteiger partial charge on any atom is 0.226 e. The number of aliphatic hydroxyl groups excluding tert-OH is 1. The molecule has 1 unspecified atom stereocenters. The molecule has 1 atom stereocenters. The number of halogens is 1. The zero-order valence-electron chi connectivity index (χ0n) is 21.3. The van der Waals surface area contributed by atoms with Crippen molar-refractivity contribution in [2.24, 2.45) is 10.8 Å². The van der Waals surface area contributed by atoms with E-state index in [-0.39, 0.29) is 24.2 Å². The molecule has 0 fully saturated rings. The summed E-state index contributed by atoms with van der Waals surface area (Å²) < 4.78 is 15.2. The van der Waals surface area contributed by atoms with E-state index in [9.17, 15) is 14.3 Å². The van der Waals surface area contributed by atoms with E-state index in [1.165, 1.54) is 12.1 Å². The molecule has 4 aromatic rings. The van der Waals surface area contributed by atoms with Gasteiger partial charge in [-0.3, -0.25) is 4.79 Å². The van der Waals surface area contributed by atoms with Crippen LogP contribution in [-0.4, -0.2) is 33.9 Å². The highest BCUT2D eigenvalue weighted by Gasteiger charge is 2.38. The molecule has 0 aliphatic rings. The van der Waals surface area contributed by atoms with Crippen LogP contribution >= 0.6 is 0 Å². The van der Waals surface area contributed by atoms with E-state index in [4.69, 9.17) is 0 Å². The summed E-state index contributed by atoms with van der Waals surface area (Å²) in [4.78, 5) is 13.5. The lowest BCUT2D eigenvalue weighted by atomic mass is 9.71. The van der Waals surface area contributed by atoms with Crippen LogP contribution in [0.1, 0.15) is 44.7 Å². The van der Waals surface area contributed by atoms with Gasteiger partial charge in [-0.2, -0.15) is 5.10 Å². The fraction of sp³-hybridized carbons (Fsp3) is 0.333. The molecule has 0 bridgehead atoms. The summed E-state index contributed by atoms with van der Waals surface area (Å²) in [6.07, 6.45) is 2.50. The molecule has 0 saturated heterocycles. The Kier molecular flexibility index (Phi) is 7.27. The average Bonchev–Trinajstić information content (AvgIpc) is 3.30. The van der Waals surface area contributed by atoms with Gasteiger partial charge in [-0.25, -0.2) is 9.07 Å². The lowest BCUT2D eigenvalue weighted by molar-refractivity contribution is -0.131. The quantitative estimate of drug-likeness (QED) is 0.321. The molecule has 1 heterocycles. The first-order valence-electron chi connectivity index (χ1n) is 12.3. The SMILES string of the molecule is CC(C)(CO)CNC(=O)C(C)(C)C(Cc1ccccc1)c1ccc2c(cnn2-c2ccc(F)cc2)c1. The van der Waals surface area contributed by atoms with Gasteiger partial charge in [0.2, 0.25) is 5.91 Å². The number of fused-ring (bicyclic) bond motifs is 1. The van der Waals surface area contributed by atoms with Crippen LogP contribution < -0.4 is 5.32 Å². The molecular formula is C30H34FN3O2. The molecule has 2 N–H and O–H groups in total. The zero-order chi connectivity index (χ0) is 25.9. The predicted octanol–water partition coefficient (Wildman–Crippen LogP) is 5.65. The summed E-state index contributed by atoms with van der Waals surface area (Å²) in [5.41, 5.74) is 2.78. The molecule has 36 heavy (non-hydrogen) atoms. The minimum absolute atomic E-state index is 0.00410. The van der Waals surface area contributed by atoms with Crippen LogP contribution in [0.4, 0.5) is 4.39 Å². The van der Waals surface area contributed by atoms with Crippen molar-refractivity contribution in [1.82, 2.24) is 15.1 Å². The second kappa shape index (κ2) is 10.2. The Morgan fingerprint density at radius 1 is 1.03 bits per heavy atom. The minimum atomic E-state index is -0.720. The first kappa shape index (κ1) is 25.6. The third-order valence-electron chi connectivity index (χ3n) is 6.96. The largest absolute Gasteiger partial charge is 0.396 e. The monoisotopic (exact) mass is 487 g/mol. The van der Waals surface area contributed by atoms with Crippen molar-refractivity contribution >= 4 is 16.8 Å². The van der Waals surface area contributed by atoms with Gasteiger partial charge in [0.15, 0.2) is 0 Å². The Bertz CT molecular complexity index is 1330. The second-order valence-electron chi connectivity index (χ2n) is 10.8. The van der Waals surface area contributed by atoms with Crippen molar-refractivity contribution in [3.8, 4) is 5.69 Å². The normalized spacial score (nSPS) is 13.1. The number of aliphatic hydroxyl groups is 1. The second-order valence-corrected chi connectivity index (χ2v) is 10.8. The first-order valence-corrected chi connectivity index (χ1v) is 12.3. The molecule has 188 valence electrons. The highest BCUT2D eigenvalue weighted by molar-refractivity contribution is 5.84. The number of carbonyl (C=O) groups is 1. The van der Waals surface area contributed by atoms with Crippen molar-refractivity contribution in [3.05, 3.63) is 95.9 Å². The first-order chi connectivity index (χ1) is 17.1. The Morgan fingerprint density at radius 2 is 1.72 bits per heavy atom. The van der Waals surface area contributed by atoms with Gasteiger partial charge < -0.3 is 10.4 Å². The van der Waals surface area contributed by atoms with Crippen LogP contribution in [0.3, 0.4) is 0 Å². The number of benzene rings is 3. The molecule has 0 radical (unpaired) electrons. The van der Waals surface area contributed by atoms with Crippen LogP contribution in [0.25, 0.3) is 16.6 Å². The third kappa shape index (κ3) is 5.49. The van der Waals surface area contributed by atoms with E-state index >= 15 is 0 Å². The maximum absolute atomic E-state index is 13.5. The van der Waals surface area contributed by atoms with Gasteiger partial charge in [-0.15, -0.1) is 0 Å². The van der Waals surface area contributed by atoms with Gasteiger partial charge in [0.05, 0.1) is 22.8 Å². The third-order valence-corrected chi connectivity index (χ3v) is 6.96. The summed E-state index contributed by atoms with van der Waals surface area (Å²) in [7, 11) is 0. The van der Waals surface area contributed by atoms with Crippen molar-refractivity contribution < 1.29 is 14.3 Å². The maximum atomic E-state index is 13.5. The van der Waals surface area contributed by atoms with Crippen molar-refractivity contribution in [2.75, 3.05) is 13.2 Å². The number of aromatic nitrogens is 2. The number of nitrogens with one attached hydrogen (secondary N) is 1. The molecule has 0 aliphatic carbocycles. The molecule has 4 rings (SSSR count). The number of hydrogen-bond donors (Lipinski definition) is 2. The van der Waals surface area contributed by atoms with Crippen LogP contribution in [-0.2, 0) is 11.2 Å². The van der Waals surface area contributed by atoms with Crippen LogP contribution in [0.2, 0.25) is 0 Å². The molecule has 1 aromatic heterocycles. The molecule has 6 heteroatoms. The number of hydrogen-bond acceptors (Lipinski definition) is 3. The summed E-state index contributed by atoms with van der Waals surface area (Å²) in [5, 5.41) is 18.2. The molecule has 0 aliphatic heterocycles. The molecule has 5 nitrogen and oxygen atoms in total. The van der Waals surface area contributed by atoms with Gasteiger partial charge in [0, 0.05) is 29.9 Å². The predicted molar refractivity (Wildman–Crippen MR) is 142 cm³/mol. The Hall–Kier alpha value is -3.51. The average molecular weight is 488 g/mol. The van der Waals surface area contributed by atoms with E-state index in [0.717, 1.165) is 27.7 Å². The summed E-state index contributed by atoms with van der Waals surface area (Å²) in [6, 6.07) is 22.6. The van der Waals surface area contributed by atoms with E-state index in [1.54, 1.807) is 23.0 Å². The standard InChI is InChI=1S/C30H34FN3O2/c1-29(2,20-35)19-32-28(36)30(3,4)26(16-21-8-6-5-7-9-21)22-10-15-27-23(17-22)18-33-34(27)25-13-11-24(31)12-14-25/h5-15,17-18,26,35H,16,19-20H2,1-4H3,(H,32,36). The smallest absolute Gasteiger partial charge is 0.226 e. The highest BCUT2D eigenvalue weighted by atomic mass is 19.1. The Labute approximate surface area is 212 Å².